The van der Waals surface area contributed by atoms with E-state index in [4.69, 9.17) is 0 Å². The molecule has 0 aromatic carbocycles. The summed E-state index contributed by atoms with van der Waals surface area (Å²) in [4.78, 5) is 27.4. The van der Waals surface area contributed by atoms with Crippen LogP contribution >= 0.6 is 23.1 Å². The van der Waals surface area contributed by atoms with Gasteiger partial charge in [0.1, 0.15) is 0 Å². The normalized spacial score (nSPS) is 15.0. The monoisotopic (exact) mass is 362 g/mol. The van der Waals surface area contributed by atoms with Crippen molar-refractivity contribution in [2.45, 2.75) is 63.3 Å². The van der Waals surface area contributed by atoms with Crippen LogP contribution in [0.5, 0.6) is 0 Å². The summed E-state index contributed by atoms with van der Waals surface area (Å²) >= 11 is 3.04. The lowest BCUT2D eigenvalue weighted by Crippen LogP contribution is -2.24. The molecule has 3 rings (SSSR count). The first-order valence-electron chi connectivity index (χ1n) is 8.33. The predicted molar refractivity (Wildman–Crippen MR) is 98.8 cm³/mol. The van der Waals surface area contributed by atoms with Gasteiger partial charge in [-0.1, -0.05) is 18.7 Å². The molecule has 0 aliphatic heterocycles. The molecule has 2 aromatic rings. The molecule has 2 heterocycles. The Morgan fingerprint density at radius 2 is 1.96 bits per heavy atom. The molecule has 0 bridgehead atoms. The molecule has 5 nitrogen and oxygen atoms in total. The van der Waals surface area contributed by atoms with E-state index in [1.165, 1.54) is 35.2 Å². The number of carbonyl (C=O) groups excluding carboxylic acids is 1. The van der Waals surface area contributed by atoms with E-state index in [2.05, 4.69) is 20.3 Å². The fraction of sp³-hybridized carbons (Fsp3) is 0.529. The lowest BCUT2D eigenvalue weighted by atomic mass is 10.0. The summed E-state index contributed by atoms with van der Waals surface area (Å²) in [5.41, 5.74) is 3.01. The number of aromatic nitrogens is 3. The molecule has 1 amide bonds. The molecule has 24 heavy (non-hydrogen) atoms. The van der Waals surface area contributed by atoms with Gasteiger partial charge in [0.25, 0.3) is 0 Å². The number of carbonyl (C=O) groups is 1. The number of hydrogen-bond acceptors (Lipinski definition) is 6. The van der Waals surface area contributed by atoms with Gasteiger partial charge in [-0.25, -0.2) is 15.0 Å². The van der Waals surface area contributed by atoms with Gasteiger partial charge < -0.3 is 5.32 Å². The Kier molecular flexibility index (Phi) is 5.50. The van der Waals surface area contributed by atoms with Crippen LogP contribution in [-0.2, 0) is 17.6 Å². The highest BCUT2D eigenvalue weighted by atomic mass is 32.2. The van der Waals surface area contributed by atoms with E-state index >= 15 is 0 Å². The molecule has 0 saturated carbocycles. The molecule has 0 fully saturated rings. The second-order valence-corrected chi connectivity index (χ2v) is 8.29. The van der Waals surface area contributed by atoms with Gasteiger partial charge >= 0.3 is 0 Å². The summed E-state index contributed by atoms with van der Waals surface area (Å²) in [5.74, 6) is -0.0173. The van der Waals surface area contributed by atoms with E-state index in [9.17, 15) is 4.79 Å². The zero-order chi connectivity index (χ0) is 17.1. The van der Waals surface area contributed by atoms with Crippen LogP contribution in [-0.4, -0.2) is 26.1 Å². The van der Waals surface area contributed by atoms with Gasteiger partial charge in [-0.15, -0.1) is 11.3 Å². The van der Waals surface area contributed by atoms with Gasteiger partial charge in [0.2, 0.25) is 5.91 Å². The molecule has 7 heteroatoms. The van der Waals surface area contributed by atoms with Crippen molar-refractivity contribution in [3.8, 4) is 0 Å². The summed E-state index contributed by atoms with van der Waals surface area (Å²) < 4.78 is 0. The zero-order valence-corrected chi connectivity index (χ0v) is 15.9. The van der Waals surface area contributed by atoms with Crippen molar-refractivity contribution in [3.05, 3.63) is 28.0 Å². The minimum Gasteiger partial charge on any atom is -0.301 e. The third kappa shape index (κ3) is 4.13. The fourth-order valence-corrected chi connectivity index (χ4v) is 4.82. The largest absolute Gasteiger partial charge is 0.301 e. The highest BCUT2D eigenvalue weighted by Crippen LogP contribution is 2.30. The number of hydrogen-bond donors (Lipinski definition) is 1. The summed E-state index contributed by atoms with van der Waals surface area (Å²) in [6, 6.07) is 1.94. The molecule has 1 aliphatic rings. The minimum absolute atomic E-state index is 0.0173. The second kappa shape index (κ2) is 7.61. The van der Waals surface area contributed by atoms with Crippen molar-refractivity contribution in [2.24, 2.45) is 0 Å². The van der Waals surface area contributed by atoms with Crippen molar-refractivity contribution < 1.29 is 4.79 Å². The van der Waals surface area contributed by atoms with Gasteiger partial charge in [-0.2, -0.15) is 0 Å². The number of aryl methyl sites for hydroxylation is 4. The SMILES string of the molecule is CCC(Sc1nc(C)cc(C)n1)C(=O)Nc1nc2c(s1)CCCC2. The Morgan fingerprint density at radius 3 is 2.62 bits per heavy atom. The zero-order valence-electron chi connectivity index (χ0n) is 14.3. The summed E-state index contributed by atoms with van der Waals surface area (Å²) in [5, 5.41) is 4.17. The van der Waals surface area contributed by atoms with E-state index in [0.717, 1.165) is 35.8 Å². The van der Waals surface area contributed by atoms with Crippen molar-refractivity contribution >= 4 is 34.1 Å². The number of thiazole rings is 1. The maximum absolute atomic E-state index is 12.6. The van der Waals surface area contributed by atoms with Crippen LogP contribution < -0.4 is 5.32 Å². The smallest absolute Gasteiger partial charge is 0.239 e. The number of fused-ring (bicyclic) bond motifs is 1. The van der Waals surface area contributed by atoms with Gasteiger partial charge in [0.15, 0.2) is 10.3 Å². The van der Waals surface area contributed by atoms with Crippen LogP contribution in [0.25, 0.3) is 0 Å². The summed E-state index contributed by atoms with van der Waals surface area (Å²) in [6.07, 6.45) is 5.26. The Bertz CT molecular complexity index is 700. The average Bonchev–Trinajstić information content (AvgIpc) is 2.93. The number of rotatable bonds is 5. The summed E-state index contributed by atoms with van der Waals surface area (Å²) in [6.45, 7) is 5.90. The standard InChI is InChI=1S/C17H22N4OS2/c1-4-13(23-16-18-10(2)9-11(3)19-16)15(22)21-17-20-12-7-5-6-8-14(12)24-17/h9,13H,4-8H2,1-3H3,(H,20,21,22). The van der Waals surface area contributed by atoms with Gasteiger partial charge in [-0.3, -0.25) is 4.79 Å². The molecular weight excluding hydrogens is 340 g/mol. The average molecular weight is 363 g/mol. The lowest BCUT2D eigenvalue weighted by molar-refractivity contribution is -0.115. The highest BCUT2D eigenvalue weighted by Gasteiger charge is 2.22. The fourth-order valence-electron chi connectivity index (χ4n) is 2.79. The first kappa shape index (κ1) is 17.4. The van der Waals surface area contributed by atoms with Crippen molar-refractivity contribution in [3.63, 3.8) is 0 Å². The van der Waals surface area contributed by atoms with E-state index in [0.29, 0.717) is 5.16 Å². The second-order valence-electron chi connectivity index (χ2n) is 6.03. The third-order valence-electron chi connectivity index (χ3n) is 3.95. The molecule has 0 saturated heterocycles. The van der Waals surface area contributed by atoms with E-state index in [1.54, 1.807) is 11.3 Å². The molecule has 0 spiro atoms. The van der Waals surface area contributed by atoms with E-state index < -0.39 is 0 Å². The van der Waals surface area contributed by atoms with Crippen LogP contribution in [0, 0.1) is 13.8 Å². The first-order chi connectivity index (χ1) is 11.5. The van der Waals surface area contributed by atoms with Crippen LogP contribution in [0.2, 0.25) is 0 Å². The highest BCUT2D eigenvalue weighted by molar-refractivity contribution is 8.00. The molecule has 2 aromatic heterocycles. The summed E-state index contributed by atoms with van der Waals surface area (Å²) in [7, 11) is 0. The molecule has 0 radical (unpaired) electrons. The van der Waals surface area contributed by atoms with Crippen LogP contribution in [0.3, 0.4) is 0 Å². The van der Waals surface area contributed by atoms with Crippen LogP contribution in [0.15, 0.2) is 11.2 Å². The Morgan fingerprint density at radius 1 is 1.25 bits per heavy atom. The number of nitrogens with zero attached hydrogens (tertiary/aromatic N) is 3. The number of thioether (sulfide) groups is 1. The minimum atomic E-state index is -0.216. The molecule has 1 N–H and O–H groups in total. The van der Waals surface area contributed by atoms with Crippen molar-refractivity contribution in [2.75, 3.05) is 5.32 Å². The number of anilines is 1. The predicted octanol–water partition coefficient (Wildman–Crippen LogP) is 3.94. The molecule has 128 valence electrons. The van der Waals surface area contributed by atoms with Crippen LogP contribution in [0.1, 0.15) is 48.1 Å². The van der Waals surface area contributed by atoms with Gasteiger partial charge in [0.05, 0.1) is 10.9 Å². The number of nitrogens with one attached hydrogen (secondary N) is 1. The van der Waals surface area contributed by atoms with Gasteiger partial charge in [-0.05, 0) is 52.0 Å². The Hall–Kier alpha value is -1.47. The maximum Gasteiger partial charge on any atom is 0.239 e. The quantitative estimate of drug-likeness (QED) is 0.644. The van der Waals surface area contributed by atoms with Crippen molar-refractivity contribution in [1.82, 2.24) is 15.0 Å². The third-order valence-corrected chi connectivity index (χ3v) is 6.25. The Balaban J connectivity index is 1.68. The topological polar surface area (TPSA) is 67.8 Å². The Labute approximate surface area is 150 Å². The molecule has 1 aliphatic carbocycles. The van der Waals surface area contributed by atoms with E-state index in [-0.39, 0.29) is 11.2 Å². The van der Waals surface area contributed by atoms with Crippen LogP contribution in [0.4, 0.5) is 5.13 Å². The van der Waals surface area contributed by atoms with E-state index in [1.807, 2.05) is 26.8 Å². The molecule has 1 atom stereocenters. The lowest BCUT2D eigenvalue weighted by Gasteiger charge is -2.13. The first-order valence-corrected chi connectivity index (χ1v) is 10.0. The molecular formula is C17H22N4OS2. The maximum atomic E-state index is 12.6. The van der Waals surface area contributed by atoms with Crippen molar-refractivity contribution in [1.29, 1.82) is 0 Å². The number of amides is 1. The molecule has 1 unspecified atom stereocenters. The van der Waals surface area contributed by atoms with Gasteiger partial charge in [0, 0.05) is 16.3 Å².